The van der Waals surface area contributed by atoms with Crippen LogP contribution in [0.4, 0.5) is 5.69 Å². The van der Waals surface area contributed by atoms with Crippen LogP contribution in [-0.4, -0.2) is 9.49 Å². The summed E-state index contributed by atoms with van der Waals surface area (Å²) >= 11 is 11.8. The second kappa shape index (κ2) is 5.39. The van der Waals surface area contributed by atoms with Gasteiger partial charge in [-0.25, -0.2) is 0 Å². The lowest BCUT2D eigenvalue weighted by atomic mass is 10.2. The molecular formula is C15H10Cl2N2O2. The topological polar surface area (TPSA) is 48.1 Å². The summed E-state index contributed by atoms with van der Waals surface area (Å²) in [5.74, 6) is 0. The van der Waals surface area contributed by atoms with Gasteiger partial charge in [-0.3, -0.25) is 10.1 Å². The predicted octanol–water partition coefficient (Wildman–Crippen LogP) is 4.90. The van der Waals surface area contributed by atoms with E-state index in [0.29, 0.717) is 11.6 Å². The molecule has 0 fully saturated rings. The molecule has 0 aliphatic rings. The van der Waals surface area contributed by atoms with E-state index in [1.807, 2.05) is 41.1 Å². The highest BCUT2D eigenvalue weighted by atomic mass is 35.5. The normalized spacial score (nSPS) is 11.0. The van der Waals surface area contributed by atoms with Crippen LogP contribution in [0, 0.1) is 10.1 Å². The zero-order valence-corrected chi connectivity index (χ0v) is 12.3. The van der Waals surface area contributed by atoms with Gasteiger partial charge in [0.1, 0.15) is 5.02 Å². The van der Waals surface area contributed by atoms with Crippen molar-refractivity contribution in [2.45, 2.75) is 6.54 Å². The molecule has 0 radical (unpaired) electrons. The monoisotopic (exact) mass is 320 g/mol. The number of nitro groups is 1. The predicted molar refractivity (Wildman–Crippen MR) is 84.2 cm³/mol. The minimum Gasteiger partial charge on any atom is -0.343 e. The fourth-order valence-electron chi connectivity index (χ4n) is 2.26. The second-order valence-corrected chi connectivity index (χ2v) is 5.53. The van der Waals surface area contributed by atoms with Gasteiger partial charge in [0.05, 0.1) is 10.4 Å². The smallest absolute Gasteiger partial charge is 0.288 e. The van der Waals surface area contributed by atoms with Crippen molar-refractivity contribution in [2.75, 3.05) is 0 Å². The highest BCUT2D eigenvalue weighted by molar-refractivity contribution is 6.33. The Morgan fingerprint density at radius 2 is 1.81 bits per heavy atom. The maximum Gasteiger partial charge on any atom is 0.288 e. The molecule has 0 unspecified atom stereocenters. The van der Waals surface area contributed by atoms with Gasteiger partial charge < -0.3 is 4.57 Å². The molecule has 0 N–H and O–H groups in total. The van der Waals surface area contributed by atoms with Crippen molar-refractivity contribution in [3.05, 3.63) is 74.4 Å². The molecule has 1 aromatic heterocycles. The highest BCUT2D eigenvalue weighted by Crippen LogP contribution is 2.30. The summed E-state index contributed by atoms with van der Waals surface area (Å²) in [6, 6.07) is 12.5. The molecule has 3 aromatic rings. The molecule has 2 aromatic carbocycles. The van der Waals surface area contributed by atoms with E-state index in [-0.39, 0.29) is 10.7 Å². The van der Waals surface area contributed by atoms with E-state index in [9.17, 15) is 10.1 Å². The number of nitrogens with zero attached hydrogens (tertiary/aromatic N) is 2. The van der Waals surface area contributed by atoms with Crippen molar-refractivity contribution in [3.8, 4) is 0 Å². The number of nitro benzene ring substituents is 1. The fourth-order valence-corrected chi connectivity index (χ4v) is 2.62. The second-order valence-electron chi connectivity index (χ2n) is 4.69. The van der Waals surface area contributed by atoms with Crippen LogP contribution in [0.2, 0.25) is 10.0 Å². The van der Waals surface area contributed by atoms with Crippen molar-refractivity contribution in [1.82, 2.24) is 4.57 Å². The van der Waals surface area contributed by atoms with Crippen molar-refractivity contribution >= 4 is 39.8 Å². The molecule has 3 rings (SSSR count). The van der Waals surface area contributed by atoms with Crippen LogP contribution in [0.1, 0.15) is 5.56 Å². The third-order valence-corrected chi connectivity index (χ3v) is 3.86. The largest absolute Gasteiger partial charge is 0.343 e. The summed E-state index contributed by atoms with van der Waals surface area (Å²) < 4.78 is 1.99. The zero-order valence-electron chi connectivity index (χ0n) is 10.8. The van der Waals surface area contributed by atoms with Gasteiger partial charge >= 0.3 is 0 Å². The third-order valence-electron chi connectivity index (χ3n) is 3.30. The van der Waals surface area contributed by atoms with Gasteiger partial charge in [0.15, 0.2) is 0 Å². The summed E-state index contributed by atoms with van der Waals surface area (Å²) in [5.41, 5.74) is 1.88. The first-order chi connectivity index (χ1) is 10.0. The summed E-state index contributed by atoms with van der Waals surface area (Å²) in [4.78, 5) is 10.4. The molecule has 0 spiro atoms. The zero-order chi connectivity index (χ0) is 15.0. The Kier molecular flexibility index (Phi) is 3.57. The Balaban J connectivity index is 2.02. The number of fused-ring (bicyclic) bond motifs is 1. The first-order valence-electron chi connectivity index (χ1n) is 6.22. The molecule has 0 aliphatic carbocycles. The van der Waals surface area contributed by atoms with Crippen LogP contribution >= 0.6 is 23.2 Å². The third kappa shape index (κ3) is 2.73. The van der Waals surface area contributed by atoms with Crippen molar-refractivity contribution in [1.29, 1.82) is 0 Å². The molecule has 6 heteroatoms. The van der Waals surface area contributed by atoms with Gasteiger partial charge in [0, 0.05) is 29.2 Å². The highest BCUT2D eigenvalue weighted by Gasteiger charge is 2.15. The SMILES string of the molecule is O=[N+]([O-])c1cc2ccn(Cc3ccc(Cl)cc3)c2cc1Cl. The van der Waals surface area contributed by atoms with E-state index in [1.165, 1.54) is 6.07 Å². The van der Waals surface area contributed by atoms with Gasteiger partial charge in [-0.05, 0) is 29.8 Å². The number of hydrogen-bond acceptors (Lipinski definition) is 2. The molecule has 106 valence electrons. The molecule has 0 saturated carbocycles. The van der Waals surface area contributed by atoms with Crippen LogP contribution in [0.15, 0.2) is 48.7 Å². The average Bonchev–Trinajstić information content (AvgIpc) is 2.82. The maximum absolute atomic E-state index is 10.9. The lowest BCUT2D eigenvalue weighted by molar-refractivity contribution is -0.384. The van der Waals surface area contributed by atoms with Gasteiger partial charge in [-0.15, -0.1) is 0 Å². The molecule has 0 atom stereocenters. The van der Waals surface area contributed by atoms with Crippen molar-refractivity contribution < 1.29 is 4.92 Å². The quantitative estimate of drug-likeness (QED) is 0.508. The lowest BCUT2D eigenvalue weighted by Gasteiger charge is -2.06. The molecule has 21 heavy (non-hydrogen) atoms. The van der Waals surface area contributed by atoms with Gasteiger partial charge in [0.2, 0.25) is 0 Å². The van der Waals surface area contributed by atoms with E-state index < -0.39 is 4.92 Å². The Hall–Kier alpha value is -2.04. The van der Waals surface area contributed by atoms with Crippen molar-refractivity contribution in [3.63, 3.8) is 0 Å². The molecule has 4 nitrogen and oxygen atoms in total. The molecule has 0 bridgehead atoms. The van der Waals surface area contributed by atoms with Gasteiger partial charge in [-0.1, -0.05) is 35.3 Å². The number of benzene rings is 2. The summed E-state index contributed by atoms with van der Waals surface area (Å²) in [6.07, 6.45) is 1.89. The van der Waals surface area contributed by atoms with E-state index >= 15 is 0 Å². The van der Waals surface area contributed by atoms with E-state index in [4.69, 9.17) is 23.2 Å². The molecule has 0 saturated heterocycles. The van der Waals surface area contributed by atoms with Crippen LogP contribution < -0.4 is 0 Å². The standard InChI is InChI=1S/C15H10Cl2N2O2/c16-12-3-1-10(2-4-12)9-18-6-5-11-7-15(19(20)21)13(17)8-14(11)18/h1-8H,9H2. The average molecular weight is 321 g/mol. The van der Waals surface area contributed by atoms with Crippen LogP contribution in [0.25, 0.3) is 10.9 Å². The summed E-state index contributed by atoms with van der Waals surface area (Å²) in [5, 5.41) is 12.5. The molecule has 1 heterocycles. The molecule has 0 aliphatic heterocycles. The first kappa shape index (κ1) is 13.9. The number of rotatable bonds is 3. The van der Waals surface area contributed by atoms with Gasteiger partial charge in [0.25, 0.3) is 5.69 Å². The van der Waals surface area contributed by atoms with Crippen LogP contribution in [0.3, 0.4) is 0 Å². The first-order valence-corrected chi connectivity index (χ1v) is 6.97. The van der Waals surface area contributed by atoms with E-state index in [0.717, 1.165) is 16.5 Å². The minimum atomic E-state index is -0.474. The summed E-state index contributed by atoms with van der Waals surface area (Å²) in [6.45, 7) is 0.648. The van der Waals surface area contributed by atoms with E-state index in [2.05, 4.69) is 0 Å². The Labute approximate surface area is 130 Å². The number of halogens is 2. The van der Waals surface area contributed by atoms with Crippen molar-refractivity contribution in [2.24, 2.45) is 0 Å². The van der Waals surface area contributed by atoms with Gasteiger partial charge in [-0.2, -0.15) is 0 Å². The summed E-state index contributed by atoms with van der Waals surface area (Å²) in [7, 11) is 0. The van der Waals surface area contributed by atoms with Crippen LogP contribution in [0.5, 0.6) is 0 Å². The maximum atomic E-state index is 10.9. The minimum absolute atomic E-state index is 0.0755. The van der Waals surface area contributed by atoms with E-state index in [1.54, 1.807) is 6.07 Å². The molecular weight excluding hydrogens is 311 g/mol. The molecule has 0 amide bonds. The number of hydrogen-bond donors (Lipinski definition) is 0. The Bertz CT molecular complexity index is 826. The fraction of sp³-hybridized carbons (Fsp3) is 0.0667. The lowest BCUT2D eigenvalue weighted by Crippen LogP contribution is -1.98. The number of aromatic nitrogens is 1. The van der Waals surface area contributed by atoms with Crippen LogP contribution in [-0.2, 0) is 6.54 Å². The Morgan fingerprint density at radius 1 is 1.10 bits per heavy atom. The Morgan fingerprint density at radius 3 is 2.48 bits per heavy atom.